The zero-order valence-electron chi connectivity index (χ0n) is 11.3. The summed E-state index contributed by atoms with van der Waals surface area (Å²) in [5.74, 6) is -1.23. The molecule has 0 radical (unpaired) electrons. The summed E-state index contributed by atoms with van der Waals surface area (Å²) in [4.78, 5) is 10.8. The van der Waals surface area contributed by atoms with Crippen LogP contribution in [0.4, 0.5) is 0 Å². The first kappa shape index (κ1) is 15.6. The number of nitrogens with one attached hydrogen (secondary N) is 1. The van der Waals surface area contributed by atoms with Crippen LogP contribution in [0.15, 0.2) is 24.3 Å². The Balaban J connectivity index is 2.55. The summed E-state index contributed by atoms with van der Waals surface area (Å²) in [6.45, 7) is 4.87. The fraction of sp³-hybridized carbons (Fsp3) is 0.500. The molecule has 0 saturated carbocycles. The Labute approximate surface area is 113 Å². The van der Waals surface area contributed by atoms with Crippen molar-refractivity contribution in [3.05, 3.63) is 35.4 Å². The van der Waals surface area contributed by atoms with Crippen molar-refractivity contribution in [3.63, 3.8) is 0 Å². The minimum atomic E-state index is -1.76. The molecule has 5 heteroatoms. The highest BCUT2D eigenvalue weighted by Gasteiger charge is 2.29. The molecule has 0 bridgehead atoms. The van der Waals surface area contributed by atoms with Gasteiger partial charge in [0.25, 0.3) is 0 Å². The molecule has 0 aliphatic heterocycles. The van der Waals surface area contributed by atoms with Gasteiger partial charge in [-0.2, -0.15) is 0 Å². The molecule has 0 saturated heterocycles. The molecule has 0 amide bonds. The van der Waals surface area contributed by atoms with Crippen LogP contribution < -0.4 is 5.32 Å². The van der Waals surface area contributed by atoms with Gasteiger partial charge < -0.3 is 20.3 Å². The lowest BCUT2D eigenvalue weighted by Gasteiger charge is -2.19. The average Bonchev–Trinajstić information content (AvgIpc) is 2.37. The normalized spacial score (nSPS) is 14.1. The van der Waals surface area contributed by atoms with Crippen molar-refractivity contribution in [1.29, 1.82) is 0 Å². The smallest absolute Gasteiger partial charge is 0.336 e. The van der Waals surface area contributed by atoms with E-state index < -0.39 is 11.6 Å². The molecule has 1 aromatic carbocycles. The lowest BCUT2D eigenvalue weighted by molar-refractivity contribution is -0.156. The zero-order valence-corrected chi connectivity index (χ0v) is 11.3. The molecule has 1 unspecified atom stereocenters. The molecule has 1 rings (SSSR count). The third-order valence-electron chi connectivity index (χ3n) is 2.83. The minimum absolute atomic E-state index is 0.00863. The number of carbonyl (C=O) groups is 1. The SMILES string of the molecule is CCOCc1ccccc1CNCC(C)(O)C(=O)O. The Morgan fingerprint density at radius 2 is 2.00 bits per heavy atom. The molecule has 5 nitrogen and oxygen atoms in total. The maximum atomic E-state index is 10.8. The number of aliphatic carboxylic acids is 1. The molecular weight excluding hydrogens is 246 g/mol. The number of hydrogen-bond donors (Lipinski definition) is 3. The van der Waals surface area contributed by atoms with E-state index >= 15 is 0 Å². The summed E-state index contributed by atoms with van der Waals surface area (Å²) >= 11 is 0. The van der Waals surface area contributed by atoms with Crippen LogP contribution in [0.3, 0.4) is 0 Å². The Morgan fingerprint density at radius 1 is 1.37 bits per heavy atom. The molecule has 1 aromatic rings. The number of rotatable bonds is 8. The van der Waals surface area contributed by atoms with Crippen LogP contribution in [-0.2, 0) is 22.7 Å². The lowest BCUT2D eigenvalue weighted by Crippen LogP contribution is -2.44. The maximum absolute atomic E-state index is 10.8. The second kappa shape index (κ2) is 7.23. The highest BCUT2D eigenvalue weighted by Crippen LogP contribution is 2.10. The summed E-state index contributed by atoms with van der Waals surface area (Å²) in [6, 6.07) is 7.78. The number of carboxylic acid groups (broad SMARTS) is 1. The Morgan fingerprint density at radius 3 is 2.58 bits per heavy atom. The summed E-state index contributed by atoms with van der Waals surface area (Å²) in [6.07, 6.45) is 0. The predicted molar refractivity (Wildman–Crippen MR) is 71.7 cm³/mol. The molecule has 0 spiro atoms. The predicted octanol–water partition coefficient (Wildman–Crippen LogP) is 1.15. The van der Waals surface area contributed by atoms with Gasteiger partial charge >= 0.3 is 5.97 Å². The van der Waals surface area contributed by atoms with Gasteiger partial charge in [-0.25, -0.2) is 4.79 Å². The van der Waals surface area contributed by atoms with Crippen molar-refractivity contribution in [2.75, 3.05) is 13.2 Å². The molecule has 0 heterocycles. The molecule has 1 atom stereocenters. The van der Waals surface area contributed by atoms with Crippen LogP contribution in [0.25, 0.3) is 0 Å². The van der Waals surface area contributed by atoms with Gasteiger partial charge in [-0.3, -0.25) is 0 Å². The number of aliphatic hydroxyl groups is 1. The van der Waals surface area contributed by atoms with Crippen molar-refractivity contribution in [2.45, 2.75) is 32.6 Å². The summed E-state index contributed by atoms with van der Waals surface area (Å²) < 4.78 is 5.37. The fourth-order valence-electron chi connectivity index (χ4n) is 1.60. The number of ether oxygens (including phenoxy) is 1. The number of carboxylic acids is 1. The van der Waals surface area contributed by atoms with E-state index in [-0.39, 0.29) is 6.54 Å². The molecule has 106 valence electrons. The molecular formula is C14H21NO4. The van der Waals surface area contributed by atoms with Crippen LogP contribution in [0.1, 0.15) is 25.0 Å². The Hall–Kier alpha value is -1.43. The topological polar surface area (TPSA) is 78.8 Å². The number of hydrogen-bond acceptors (Lipinski definition) is 4. The third-order valence-corrected chi connectivity index (χ3v) is 2.83. The number of benzene rings is 1. The summed E-state index contributed by atoms with van der Waals surface area (Å²) in [5.41, 5.74) is 0.346. The van der Waals surface area contributed by atoms with Crippen LogP contribution in [0.5, 0.6) is 0 Å². The molecule has 0 aliphatic carbocycles. The van der Waals surface area contributed by atoms with Gasteiger partial charge in [0.15, 0.2) is 5.60 Å². The molecule has 19 heavy (non-hydrogen) atoms. The average molecular weight is 267 g/mol. The third kappa shape index (κ3) is 4.98. The van der Waals surface area contributed by atoms with Gasteiger partial charge in [0.2, 0.25) is 0 Å². The molecule has 3 N–H and O–H groups in total. The van der Waals surface area contributed by atoms with Crippen molar-refractivity contribution >= 4 is 5.97 Å². The maximum Gasteiger partial charge on any atom is 0.336 e. The van der Waals surface area contributed by atoms with Gasteiger partial charge in [-0.15, -0.1) is 0 Å². The van der Waals surface area contributed by atoms with Crippen LogP contribution in [-0.4, -0.2) is 34.9 Å². The first-order valence-electron chi connectivity index (χ1n) is 6.28. The van der Waals surface area contributed by atoms with Crippen LogP contribution in [0.2, 0.25) is 0 Å². The largest absolute Gasteiger partial charge is 0.479 e. The van der Waals surface area contributed by atoms with Gasteiger partial charge in [0, 0.05) is 19.7 Å². The van der Waals surface area contributed by atoms with E-state index in [0.717, 1.165) is 11.1 Å². The first-order valence-corrected chi connectivity index (χ1v) is 6.28. The molecule has 0 fully saturated rings. The minimum Gasteiger partial charge on any atom is -0.479 e. The van der Waals surface area contributed by atoms with Crippen LogP contribution >= 0.6 is 0 Å². The zero-order chi connectivity index (χ0) is 14.3. The standard InChI is InChI=1S/C14H21NO4/c1-3-19-9-12-7-5-4-6-11(12)8-15-10-14(2,18)13(16)17/h4-7,15,18H,3,8-10H2,1-2H3,(H,16,17). The summed E-state index contributed by atoms with van der Waals surface area (Å²) in [7, 11) is 0. The van der Waals surface area contributed by atoms with Crippen molar-refractivity contribution < 1.29 is 19.7 Å². The Bertz CT molecular complexity index is 418. The van der Waals surface area contributed by atoms with E-state index in [2.05, 4.69) is 5.32 Å². The fourth-order valence-corrected chi connectivity index (χ4v) is 1.60. The van der Waals surface area contributed by atoms with E-state index in [1.54, 1.807) is 0 Å². The lowest BCUT2D eigenvalue weighted by atomic mass is 10.1. The first-order chi connectivity index (χ1) is 8.97. The van der Waals surface area contributed by atoms with E-state index in [4.69, 9.17) is 9.84 Å². The van der Waals surface area contributed by atoms with E-state index in [1.165, 1.54) is 6.92 Å². The van der Waals surface area contributed by atoms with Gasteiger partial charge in [0.05, 0.1) is 6.61 Å². The van der Waals surface area contributed by atoms with Crippen molar-refractivity contribution in [1.82, 2.24) is 5.32 Å². The van der Waals surface area contributed by atoms with Gasteiger partial charge in [-0.05, 0) is 25.0 Å². The quantitative estimate of drug-likeness (QED) is 0.658. The van der Waals surface area contributed by atoms with Crippen LogP contribution in [0, 0.1) is 0 Å². The van der Waals surface area contributed by atoms with E-state index in [1.807, 2.05) is 31.2 Å². The van der Waals surface area contributed by atoms with Gasteiger partial charge in [-0.1, -0.05) is 24.3 Å². The van der Waals surface area contributed by atoms with Crippen molar-refractivity contribution in [3.8, 4) is 0 Å². The second-order valence-electron chi connectivity index (χ2n) is 4.59. The highest BCUT2D eigenvalue weighted by molar-refractivity contribution is 5.76. The van der Waals surface area contributed by atoms with Crippen molar-refractivity contribution in [2.24, 2.45) is 0 Å². The van der Waals surface area contributed by atoms with Gasteiger partial charge in [0.1, 0.15) is 0 Å². The summed E-state index contributed by atoms with van der Waals surface area (Å²) in [5, 5.41) is 21.3. The monoisotopic (exact) mass is 267 g/mol. The highest BCUT2D eigenvalue weighted by atomic mass is 16.5. The Kier molecular flexibility index (Phi) is 5.95. The second-order valence-corrected chi connectivity index (χ2v) is 4.59. The van der Waals surface area contributed by atoms with E-state index in [0.29, 0.717) is 19.8 Å². The molecule has 0 aliphatic rings. The van der Waals surface area contributed by atoms with E-state index in [9.17, 15) is 9.90 Å². The molecule has 0 aromatic heterocycles.